The molecular formula is C19H36O3Ti. The van der Waals surface area contributed by atoms with Crippen molar-refractivity contribution in [2.45, 2.75) is 93.5 Å². The normalized spacial score (nSPS) is 16.5. The quantitative estimate of drug-likeness (QED) is 0.511. The van der Waals surface area contributed by atoms with Gasteiger partial charge in [-0.25, -0.2) is 0 Å². The average Bonchev–Trinajstić information content (AvgIpc) is 2.71. The minimum atomic E-state index is -3.53. The van der Waals surface area contributed by atoms with Crippen molar-refractivity contribution in [2.24, 2.45) is 5.41 Å². The Labute approximate surface area is 148 Å². The molecule has 4 heteroatoms. The van der Waals surface area contributed by atoms with Crippen LogP contribution in [-0.2, 0) is 27.7 Å². The minimum absolute atomic E-state index is 0.0940. The van der Waals surface area contributed by atoms with Crippen molar-refractivity contribution in [1.29, 1.82) is 0 Å². The van der Waals surface area contributed by atoms with Crippen molar-refractivity contribution >= 4 is 0 Å². The van der Waals surface area contributed by atoms with Gasteiger partial charge in [0, 0.05) is 0 Å². The van der Waals surface area contributed by atoms with Crippen molar-refractivity contribution in [3.8, 4) is 0 Å². The first-order valence-electron chi connectivity index (χ1n) is 8.87. The van der Waals surface area contributed by atoms with Crippen LogP contribution in [0.4, 0.5) is 0 Å². The van der Waals surface area contributed by atoms with Crippen molar-refractivity contribution in [3.05, 3.63) is 21.6 Å². The Hall–Kier alpha value is 0.0743. The fourth-order valence-electron chi connectivity index (χ4n) is 2.84. The monoisotopic (exact) mass is 360 g/mol. The molecule has 1 aliphatic carbocycles. The Morgan fingerprint density at radius 3 is 1.70 bits per heavy atom. The summed E-state index contributed by atoms with van der Waals surface area (Å²) in [6.07, 6.45) is 6.68. The molecule has 23 heavy (non-hydrogen) atoms. The van der Waals surface area contributed by atoms with Gasteiger partial charge in [-0.2, -0.15) is 0 Å². The molecule has 0 aromatic rings. The third-order valence-corrected chi connectivity index (χ3v) is 8.93. The predicted octanol–water partition coefficient (Wildman–Crippen LogP) is 5.81. The summed E-state index contributed by atoms with van der Waals surface area (Å²) >= 11 is -3.53. The molecule has 0 unspecified atom stereocenters. The van der Waals surface area contributed by atoms with E-state index in [1.165, 1.54) is 9.45 Å². The van der Waals surface area contributed by atoms with Gasteiger partial charge < -0.3 is 0 Å². The second-order valence-electron chi connectivity index (χ2n) is 8.40. The fourth-order valence-corrected chi connectivity index (χ4v) is 8.13. The van der Waals surface area contributed by atoms with E-state index in [0.717, 1.165) is 12.8 Å². The summed E-state index contributed by atoms with van der Waals surface area (Å²) in [6.45, 7) is 19.2. The molecule has 1 aliphatic rings. The summed E-state index contributed by atoms with van der Waals surface area (Å²) in [5, 5.41) is 0. The van der Waals surface area contributed by atoms with Crippen LogP contribution in [0.5, 0.6) is 0 Å². The van der Waals surface area contributed by atoms with E-state index in [2.05, 4.69) is 74.5 Å². The first-order valence-corrected chi connectivity index (χ1v) is 11.6. The number of rotatable bonds is 8. The van der Waals surface area contributed by atoms with E-state index in [4.69, 9.17) is 9.96 Å². The molecule has 0 spiro atoms. The number of hydrogen-bond acceptors (Lipinski definition) is 3. The third-order valence-electron chi connectivity index (χ3n) is 3.29. The molecule has 1 rings (SSSR count). The van der Waals surface area contributed by atoms with Gasteiger partial charge in [-0.1, -0.05) is 0 Å². The van der Waals surface area contributed by atoms with Crippen LogP contribution in [0.2, 0.25) is 0 Å². The third kappa shape index (κ3) is 6.84. The van der Waals surface area contributed by atoms with Crippen LogP contribution in [0.3, 0.4) is 0 Å². The van der Waals surface area contributed by atoms with Gasteiger partial charge in [-0.3, -0.25) is 0 Å². The van der Waals surface area contributed by atoms with Gasteiger partial charge in [0.05, 0.1) is 0 Å². The first kappa shape index (κ1) is 21.1. The van der Waals surface area contributed by atoms with Gasteiger partial charge in [0.15, 0.2) is 0 Å². The molecule has 0 aliphatic heterocycles. The maximum atomic E-state index is 6.43. The molecule has 0 radical (unpaired) electrons. The van der Waals surface area contributed by atoms with Crippen LogP contribution in [0, 0.1) is 5.41 Å². The molecule has 0 fully saturated rings. The summed E-state index contributed by atoms with van der Waals surface area (Å²) in [4.78, 5) is 0. The summed E-state index contributed by atoms with van der Waals surface area (Å²) < 4.78 is 20.6. The second kappa shape index (κ2) is 8.44. The average molecular weight is 360 g/mol. The zero-order chi connectivity index (χ0) is 17.8. The molecule has 0 atom stereocenters. The molecule has 0 bridgehead atoms. The van der Waals surface area contributed by atoms with Crippen LogP contribution in [0.25, 0.3) is 0 Å². The molecule has 0 aromatic carbocycles. The number of hydrogen-bond donors (Lipinski definition) is 0. The summed E-state index contributed by atoms with van der Waals surface area (Å²) in [6, 6.07) is 0. The van der Waals surface area contributed by atoms with E-state index < -0.39 is 17.8 Å². The molecule has 0 heterocycles. The standard InChI is InChI=1S/C10H15.3C3H7O.Ti/c1-10(2,3)8-9-6-4-5-7-9;3*1-3(2)4;/h4,6H,5,8H2,1-3H3;3*3H,1-2H3;/q;3*-1;+3. The van der Waals surface area contributed by atoms with Crippen LogP contribution in [0.15, 0.2) is 21.6 Å². The molecule has 0 saturated heterocycles. The number of allylic oxidation sites excluding steroid dienone is 4. The van der Waals surface area contributed by atoms with Gasteiger partial charge in [0.1, 0.15) is 0 Å². The summed E-state index contributed by atoms with van der Waals surface area (Å²) in [5.41, 5.74) is 1.59. The van der Waals surface area contributed by atoms with Crippen molar-refractivity contribution in [2.75, 3.05) is 0 Å². The van der Waals surface area contributed by atoms with E-state index in [-0.39, 0.29) is 23.7 Å². The molecule has 134 valence electrons. The molecule has 0 saturated carbocycles. The molecule has 0 amide bonds. The van der Waals surface area contributed by atoms with Crippen LogP contribution < -0.4 is 0 Å². The molecule has 0 aromatic heterocycles. The van der Waals surface area contributed by atoms with Gasteiger partial charge in [0.25, 0.3) is 0 Å². The van der Waals surface area contributed by atoms with Crippen LogP contribution in [0.1, 0.15) is 75.2 Å². The topological polar surface area (TPSA) is 27.7 Å². The van der Waals surface area contributed by atoms with Crippen molar-refractivity contribution in [3.63, 3.8) is 0 Å². The summed E-state index contributed by atoms with van der Waals surface area (Å²) in [5.74, 6) is 0. The van der Waals surface area contributed by atoms with E-state index in [1.54, 1.807) is 0 Å². The second-order valence-corrected chi connectivity index (χ2v) is 12.2. The van der Waals surface area contributed by atoms with Gasteiger partial charge in [0.2, 0.25) is 0 Å². The van der Waals surface area contributed by atoms with Gasteiger partial charge >= 0.3 is 148 Å². The van der Waals surface area contributed by atoms with Crippen molar-refractivity contribution in [1.82, 2.24) is 0 Å². The maximum absolute atomic E-state index is 6.43. The van der Waals surface area contributed by atoms with Gasteiger partial charge in [-0.15, -0.1) is 0 Å². The van der Waals surface area contributed by atoms with Crippen molar-refractivity contribution < 1.29 is 27.7 Å². The van der Waals surface area contributed by atoms with E-state index >= 15 is 0 Å². The van der Waals surface area contributed by atoms with E-state index in [1.807, 2.05) is 0 Å². The zero-order valence-corrected chi connectivity index (χ0v) is 18.1. The molecule has 0 N–H and O–H groups in total. The fraction of sp³-hybridized carbons (Fsp3) is 0.789. The molecule has 3 nitrogen and oxygen atoms in total. The van der Waals surface area contributed by atoms with Crippen LogP contribution >= 0.6 is 0 Å². The Bertz CT molecular complexity index is 415. The Morgan fingerprint density at radius 1 is 0.913 bits per heavy atom. The SMILES string of the molecule is CC(C)[O][Ti]([O]C(C)C)([O]C(C)C)[C]1=C(CC(C)(C)C)C=CC1. The molecular weight excluding hydrogens is 324 g/mol. The summed E-state index contributed by atoms with van der Waals surface area (Å²) in [7, 11) is 0. The van der Waals surface area contributed by atoms with E-state index in [9.17, 15) is 0 Å². The first-order chi connectivity index (χ1) is 10.4. The van der Waals surface area contributed by atoms with Crippen LogP contribution in [-0.4, -0.2) is 18.3 Å². The zero-order valence-electron chi connectivity index (χ0n) is 16.5. The Morgan fingerprint density at radius 2 is 1.35 bits per heavy atom. The van der Waals surface area contributed by atoms with Gasteiger partial charge in [-0.05, 0) is 0 Å². The Kier molecular flexibility index (Phi) is 7.75. The van der Waals surface area contributed by atoms with E-state index in [0.29, 0.717) is 0 Å². The predicted molar refractivity (Wildman–Crippen MR) is 93.5 cm³/mol. The Balaban J connectivity index is 3.31.